The average Bonchev–Trinajstić information content (AvgIpc) is 3.34. The normalized spacial score (nSPS) is 12.3. The number of nitro benzene ring substituents is 1. The van der Waals surface area contributed by atoms with Crippen LogP contribution in [0.15, 0.2) is 53.7 Å². The molecule has 0 saturated heterocycles. The number of aromatic nitrogens is 3. The summed E-state index contributed by atoms with van der Waals surface area (Å²) in [4.78, 5) is 28.5. The summed E-state index contributed by atoms with van der Waals surface area (Å²) in [5.74, 6) is -0.311. The van der Waals surface area contributed by atoms with Gasteiger partial charge in [-0.2, -0.15) is 0 Å². The van der Waals surface area contributed by atoms with E-state index < -0.39 is 4.92 Å². The second-order valence-corrected chi connectivity index (χ2v) is 9.25. The van der Waals surface area contributed by atoms with E-state index in [2.05, 4.69) is 9.55 Å². The highest BCUT2D eigenvalue weighted by Crippen LogP contribution is 2.31. The molecule has 0 radical (unpaired) electrons. The number of aryl methyl sites for hydroxylation is 1. The molecule has 0 aliphatic heterocycles. The van der Waals surface area contributed by atoms with Gasteiger partial charge in [0.2, 0.25) is 0 Å². The highest BCUT2D eigenvalue weighted by molar-refractivity contribution is 7.99. The van der Waals surface area contributed by atoms with Gasteiger partial charge < -0.3 is 9.30 Å². The van der Waals surface area contributed by atoms with Gasteiger partial charge in [-0.05, 0) is 57.2 Å². The van der Waals surface area contributed by atoms with Gasteiger partial charge in [-0.15, -0.1) is 0 Å². The van der Waals surface area contributed by atoms with Crippen LogP contribution < -0.4 is 0 Å². The Labute approximate surface area is 205 Å². The molecule has 0 fully saturated rings. The number of non-ortho nitro benzene ring substituents is 1. The fourth-order valence-corrected chi connectivity index (χ4v) is 5.27. The minimum absolute atomic E-state index is 0.0531. The number of ketones is 1. The van der Waals surface area contributed by atoms with Gasteiger partial charge in [-0.25, -0.2) is 9.37 Å². The molecule has 4 aromatic rings. The van der Waals surface area contributed by atoms with E-state index in [9.17, 15) is 19.3 Å². The Morgan fingerprint density at radius 1 is 1.20 bits per heavy atom. The molecule has 0 aliphatic carbocycles. The summed E-state index contributed by atoms with van der Waals surface area (Å²) in [5.41, 5.74) is 4.11. The number of halogens is 1. The van der Waals surface area contributed by atoms with Crippen LogP contribution >= 0.6 is 11.8 Å². The smallest absolute Gasteiger partial charge is 0.271 e. The number of imidazole rings is 1. The summed E-state index contributed by atoms with van der Waals surface area (Å²) in [7, 11) is 1.65. The van der Waals surface area contributed by atoms with Crippen LogP contribution in [0.1, 0.15) is 34.7 Å². The van der Waals surface area contributed by atoms with E-state index in [-0.39, 0.29) is 29.1 Å². The first kappa shape index (κ1) is 24.6. The highest BCUT2D eigenvalue weighted by atomic mass is 32.2. The van der Waals surface area contributed by atoms with E-state index in [0.717, 1.165) is 11.4 Å². The monoisotopic (exact) mass is 496 g/mol. The average molecular weight is 497 g/mol. The number of carbonyl (C=O) groups excluding carboxylic acids is 1. The lowest BCUT2D eigenvalue weighted by atomic mass is 10.2. The number of rotatable bonds is 9. The van der Waals surface area contributed by atoms with Crippen molar-refractivity contribution in [3.05, 3.63) is 81.4 Å². The van der Waals surface area contributed by atoms with Gasteiger partial charge in [-0.1, -0.05) is 11.8 Å². The van der Waals surface area contributed by atoms with Crippen LogP contribution in [0.3, 0.4) is 0 Å². The fraction of sp³-hybridized carbons (Fsp3) is 0.280. The van der Waals surface area contributed by atoms with Crippen molar-refractivity contribution in [2.45, 2.75) is 32.0 Å². The number of benzene rings is 2. The Morgan fingerprint density at radius 2 is 1.91 bits per heavy atom. The molecule has 4 rings (SSSR count). The van der Waals surface area contributed by atoms with E-state index in [1.165, 1.54) is 36.0 Å². The summed E-state index contributed by atoms with van der Waals surface area (Å²) in [6.07, 6.45) is 0. The lowest BCUT2D eigenvalue weighted by Gasteiger charge is -2.17. The first-order valence-corrected chi connectivity index (χ1v) is 12.0. The zero-order valence-corrected chi connectivity index (χ0v) is 20.6. The number of Topliss-reactive ketones (excluding diaryl/α,β-unsaturated/α-hetero) is 1. The quantitative estimate of drug-likeness (QED) is 0.128. The van der Waals surface area contributed by atoms with Gasteiger partial charge in [0.15, 0.2) is 10.9 Å². The first-order valence-electron chi connectivity index (χ1n) is 11.0. The molecule has 2 aromatic carbocycles. The Balaban J connectivity index is 1.68. The third-order valence-corrected chi connectivity index (χ3v) is 6.81. The largest absolute Gasteiger partial charge is 0.383 e. The van der Waals surface area contributed by atoms with E-state index in [1.807, 2.05) is 26.8 Å². The predicted octanol–water partition coefficient (Wildman–Crippen LogP) is 5.67. The van der Waals surface area contributed by atoms with Gasteiger partial charge in [0.1, 0.15) is 5.82 Å². The number of fused-ring (bicyclic) bond motifs is 1. The van der Waals surface area contributed by atoms with Crippen molar-refractivity contribution in [2.24, 2.45) is 0 Å². The van der Waals surface area contributed by atoms with Crippen LogP contribution in [0.5, 0.6) is 0 Å². The number of hydrogen-bond donors (Lipinski definition) is 0. The molecule has 0 amide bonds. The number of nitrogens with zero attached hydrogens (tertiary/aromatic N) is 4. The SMILES string of the molecule is COC[C@@H](C)n1c(C)cc(C(=O)CSc2nc3cc([N+](=O)[O-])ccc3n2-c2ccc(F)cc2)c1C. The number of thioether (sulfide) groups is 1. The Hall–Kier alpha value is -3.50. The van der Waals surface area contributed by atoms with E-state index >= 15 is 0 Å². The minimum atomic E-state index is -0.479. The molecular weight excluding hydrogens is 471 g/mol. The lowest BCUT2D eigenvalue weighted by molar-refractivity contribution is -0.384. The van der Waals surface area contributed by atoms with Gasteiger partial charge in [0.05, 0.1) is 34.4 Å². The maximum absolute atomic E-state index is 13.5. The molecule has 0 N–H and O–H groups in total. The van der Waals surface area contributed by atoms with Crippen molar-refractivity contribution >= 4 is 34.3 Å². The molecule has 8 nitrogen and oxygen atoms in total. The maximum atomic E-state index is 13.5. The molecule has 182 valence electrons. The summed E-state index contributed by atoms with van der Waals surface area (Å²) in [6, 6.07) is 12.3. The second kappa shape index (κ2) is 10.0. The molecule has 1 atom stereocenters. The number of ether oxygens (including phenoxy) is 1. The molecule has 0 spiro atoms. The number of carbonyl (C=O) groups is 1. The van der Waals surface area contributed by atoms with Crippen LogP contribution in [0.25, 0.3) is 16.7 Å². The van der Waals surface area contributed by atoms with Crippen LogP contribution in [0.2, 0.25) is 0 Å². The number of methoxy groups -OCH3 is 1. The van der Waals surface area contributed by atoms with Gasteiger partial charge in [0, 0.05) is 41.9 Å². The third kappa shape index (κ3) is 4.85. The van der Waals surface area contributed by atoms with Crippen molar-refractivity contribution < 1.29 is 18.8 Å². The minimum Gasteiger partial charge on any atom is -0.383 e. The molecule has 2 aromatic heterocycles. The Morgan fingerprint density at radius 3 is 2.57 bits per heavy atom. The van der Waals surface area contributed by atoms with E-state index in [1.54, 1.807) is 29.9 Å². The Kier molecular flexibility index (Phi) is 7.04. The van der Waals surface area contributed by atoms with Crippen molar-refractivity contribution in [2.75, 3.05) is 19.5 Å². The second-order valence-electron chi connectivity index (χ2n) is 8.31. The van der Waals surface area contributed by atoms with E-state index in [0.29, 0.717) is 34.0 Å². The van der Waals surface area contributed by atoms with Crippen LogP contribution in [0, 0.1) is 29.8 Å². The number of nitro groups is 1. The van der Waals surface area contributed by atoms with Crippen molar-refractivity contribution in [3.63, 3.8) is 0 Å². The lowest BCUT2D eigenvalue weighted by Crippen LogP contribution is -2.14. The first-order chi connectivity index (χ1) is 16.7. The molecule has 0 bridgehead atoms. The van der Waals surface area contributed by atoms with Gasteiger partial charge >= 0.3 is 0 Å². The summed E-state index contributed by atoms with van der Waals surface area (Å²) >= 11 is 1.24. The van der Waals surface area contributed by atoms with E-state index in [4.69, 9.17) is 4.74 Å². The summed E-state index contributed by atoms with van der Waals surface area (Å²) in [6.45, 7) is 6.46. The summed E-state index contributed by atoms with van der Waals surface area (Å²) in [5, 5.41) is 11.7. The molecule has 0 aliphatic rings. The van der Waals surface area contributed by atoms with Crippen LogP contribution in [-0.4, -0.2) is 44.3 Å². The van der Waals surface area contributed by atoms with Crippen LogP contribution in [0.4, 0.5) is 10.1 Å². The predicted molar refractivity (Wildman–Crippen MR) is 133 cm³/mol. The van der Waals surface area contributed by atoms with Gasteiger partial charge in [0.25, 0.3) is 5.69 Å². The standard InChI is InChI=1S/C25H25FN4O4S/c1-15-11-21(17(3)28(15)16(2)13-34-4)24(31)14-35-25-27-22-12-20(30(32)33)9-10-23(22)29(25)19-7-5-18(26)6-8-19/h5-12,16H,13-14H2,1-4H3/t16-/m1/s1. The third-order valence-electron chi connectivity index (χ3n) is 5.87. The fourth-order valence-electron chi connectivity index (χ4n) is 4.36. The number of hydrogen-bond acceptors (Lipinski definition) is 6. The molecule has 2 heterocycles. The molecule has 0 unspecified atom stereocenters. The Bertz CT molecular complexity index is 1410. The molecule has 10 heteroatoms. The van der Waals surface area contributed by atoms with Crippen LogP contribution in [-0.2, 0) is 4.74 Å². The molecule has 35 heavy (non-hydrogen) atoms. The van der Waals surface area contributed by atoms with Gasteiger partial charge in [-0.3, -0.25) is 19.5 Å². The topological polar surface area (TPSA) is 92.2 Å². The van der Waals surface area contributed by atoms with Crippen molar-refractivity contribution in [1.29, 1.82) is 0 Å². The summed E-state index contributed by atoms with van der Waals surface area (Å²) < 4.78 is 22.7. The zero-order valence-electron chi connectivity index (χ0n) is 19.8. The van der Waals surface area contributed by atoms with Crippen molar-refractivity contribution in [1.82, 2.24) is 14.1 Å². The maximum Gasteiger partial charge on any atom is 0.271 e. The molecular formula is C25H25FN4O4S. The molecule has 0 saturated carbocycles. The van der Waals surface area contributed by atoms with Crippen molar-refractivity contribution in [3.8, 4) is 5.69 Å². The highest BCUT2D eigenvalue weighted by Gasteiger charge is 2.21. The zero-order chi connectivity index (χ0) is 25.3.